The zero-order chi connectivity index (χ0) is 85.4. The number of fused-ring (bicyclic) bond motifs is 10. The molecule has 0 amide bonds. The highest BCUT2D eigenvalue weighted by Gasteiger charge is 2.36. The van der Waals surface area contributed by atoms with E-state index in [1.54, 1.807) is 0 Å². The van der Waals surface area contributed by atoms with E-state index < -0.39 is 0 Å². The Morgan fingerprint density at radius 2 is 0.667 bits per heavy atom. The molecule has 1 aliphatic rings. The molecule has 0 fully saturated rings. The van der Waals surface area contributed by atoms with Crippen molar-refractivity contribution in [2.75, 3.05) is 9.80 Å². The van der Waals surface area contributed by atoms with Crippen LogP contribution in [0, 0.1) is 13.8 Å². The van der Waals surface area contributed by atoms with E-state index in [1.807, 2.05) is 12.2 Å². The number of aryl methyl sites for hydroxylation is 3. The first-order valence-corrected chi connectivity index (χ1v) is 43.5. The fourth-order valence-corrected chi connectivity index (χ4v) is 18.9. The number of aromatic nitrogens is 2. The van der Waals surface area contributed by atoms with Crippen LogP contribution in [0.4, 0.5) is 34.1 Å². The summed E-state index contributed by atoms with van der Waals surface area (Å²) in [7, 11) is 2.18. The highest BCUT2D eigenvalue weighted by Crippen LogP contribution is 2.52. The summed E-state index contributed by atoms with van der Waals surface area (Å²) < 4.78 is 16.9. The molecule has 1 aliphatic carbocycles. The Labute approximate surface area is 738 Å². The molecule has 0 bridgehead atoms. The maximum Gasteiger partial charge on any atom is 0.0721 e. The Bertz CT molecular complexity index is 7410. The predicted octanol–water partition coefficient (Wildman–Crippen LogP) is 32.2. The molecule has 0 unspecified atom stereocenters. The van der Waals surface area contributed by atoms with Gasteiger partial charge < -0.3 is 28.4 Å². The molecule has 21 rings (SSSR count). The minimum Gasteiger partial charge on any atom is -0.372 e. The number of para-hydroxylation sites is 2. The van der Waals surface area contributed by atoms with E-state index in [1.165, 1.54) is 143 Å². The zero-order valence-corrected chi connectivity index (χ0v) is 71.7. The number of ether oxygens (including phenoxy) is 2. The second-order valence-electron chi connectivity index (χ2n) is 33.6. The first kappa shape index (κ1) is 79.3. The van der Waals surface area contributed by atoms with Gasteiger partial charge in [0.05, 0.1) is 43.2 Å². The van der Waals surface area contributed by atoms with Crippen LogP contribution in [-0.4, -0.2) is 9.13 Å². The van der Waals surface area contributed by atoms with Gasteiger partial charge in [-0.3, -0.25) is 0 Å². The molecule has 20 aromatic rings. The van der Waals surface area contributed by atoms with Crippen LogP contribution in [-0.2, 0) is 48.4 Å². The van der Waals surface area contributed by atoms with E-state index >= 15 is 0 Å². The molecular weight excluding hydrogens is 1530 g/mol. The van der Waals surface area contributed by atoms with Crippen LogP contribution in [0.2, 0.25) is 0 Å². The van der Waals surface area contributed by atoms with Crippen LogP contribution in [0.15, 0.2) is 420 Å². The first-order valence-electron chi connectivity index (χ1n) is 43.5. The number of rotatable bonds is 22. The Balaban J connectivity index is 0.000000159. The molecule has 6 nitrogen and oxygen atoms in total. The van der Waals surface area contributed by atoms with Crippen molar-refractivity contribution < 1.29 is 9.47 Å². The third kappa shape index (κ3) is 15.3. The van der Waals surface area contributed by atoms with Gasteiger partial charge in [0.1, 0.15) is 0 Å². The van der Waals surface area contributed by atoms with Gasteiger partial charge in [-0.25, -0.2) is 0 Å². The van der Waals surface area contributed by atoms with Crippen molar-refractivity contribution in [3.63, 3.8) is 0 Å². The Kier molecular flexibility index (Phi) is 21.6. The summed E-state index contributed by atoms with van der Waals surface area (Å²) in [6, 6.07) is 148. The van der Waals surface area contributed by atoms with Crippen LogP contribution in [0.5, 0.6) is 0 Å². The van der Waals surface area contributed by atoms with Gasteiger partial charge in [0.25, 0.3) is 0 Å². The van der Waals surface area contributed by atoms with E-state index in [-0.39, 0.29) is 5.41 Å². The molecule has 0 spiro atoms. The lowest BCUT2D eigenvalue weighted by Gasteiger charge is -2.28. The van der Waals surface area contributed by atoms with Crippen molar-refractivity contribution >= 4 is 101 Å². The molecule has 0 atom stereocenters. The average molecular weight is 1630 g/mol. The van der Waals surface area contributed by atoms with Crippen molar-refractivity contribution in [2.45, 2.75) is 59.5 Å². The molecule has 2 aromatic heterocycles. The van der Waals surface area contributed by atoms with E-state index in [0.717, 1.165) is 73.2 Å². The van der Waals surface area contributed by atoms with Crippen molar-refractivity contribution in [1.29, 1.82) is 0 Å². The topological polar surface area (TPSA) is 34.8 Å². The van der Waals surface area contributed by atoms with Gasteiger partial charge in [0.15, 0.2) is 0 Å². The van der Waals surface area contributed by atoms with Gasteiger partial charge in [0, 0.05) is 79.5 Å². The molecule has 0 N–H and O–H groups in total. The summed E-state index contributed by atoms with van der Waals surface area (Å²) >= 11 is 0. The second-order valence-corrected chi connectivity index (χ2v) is 33.6. The molecule has 608 valence electrons. The third-order valence-corrected chi connectivity index (χ3v) is 25.7. The Morgan fingerprint density at radius 3 is 1.22 bits per heavy atom. The fraction of sp³-hybridized carbons (Fsp3) is 0.0833. The van der Waals surface area contributed by atoms with Crippen molar-refractivity contribution in [3.8, 4) is 72.6 Å². The quantitative estimate of drug-likeness (QED) is 0.0634. The molecule has 6 heteroatoms. The number of benzene rings is 18. The minimum atomic E-state index is -0.113. The summed E-state index contributed by atoms with van der Waals surface area (Å²) in [5, 5.41) is 8.88. The molecule has 0 saturated carbocycles. The molecule has 18 aromatic carbocycles. The normalized spacial score (nSPS) is 12.0. The van der Waals surface area contributed by atoms with Gasteiger partial charge in [0.2, 0.25) is 0 Å². The lowest BCUT2D eigenvalue weighted by Crippen LogP contribution is -2.16. The Hall–Kier alpha value is -15.2. The second kappa shape index (κ2) is 34.3. The summed E-state index contributed by atoms with van der Waals surface area (Å²) in [5.74, 6) is 0. The molecular formula is C120H96N4O2. The van der Waals surface area contributed by atoms with Gasteiger partial charge in [-0.1, -0.05) is 336 Å². The van der Waals surface area contributed by atoms with Gasteiger partial charge in [-0.2, -0.15) is 0 Å². The SMILES string of the molecule is C=Cc1ccc(COCc2ccc(-c3ccc(N(c4ccc(-c5c(-c6ccccc6)n(C)c6ccccc56)cc4)c4ccc5c(c4)C(C)(C)c4ccccc4-5)cc3)cc2)cc1.C=Cc1ccc(COCc2ccc(-n3c4ccccc4c4cc(-c5ccc(N(c6ccc(-c7ccccc7)cc6)c6ccc7c(c6)c(C)c(C)c6ccccc67)cc5)ccc43)cc2)cc1. The van der Waals surface area contributed by atoms with Gasteiger partial charge in [-0.05, 0) is 256 Å². The monoisotopic (exact) mass is 1620 g/mol. The van der Waals surface area contributed by atoms with Gasteiger partial charge in [-0.15, -0.1) is 0 Å². The average Bonchev–Trinajstić information content (AvgIpc) is 1.55. The first-order chi connectivity index (χ1) is 61.9. The molecule has 0 saturated heterocycles. The largest absolute Gasteiger partial charge is 0.372 e. The number of anilines is 6. The van der Waals surface area contributed by atoms with Crippen LogP contribution >= 0.6 is 0 Å². The lowest BCUT2D eigenvalue weighted by molar-refractivity contribution is 0.107. The lowest BCUT2D eigenvalue weighted by atomic mass is 9.82. The highest BCUT2D eigenvalue weighted by molar-refractivity contribution is 6.13. The number of hydrogen-bond acceptors (Lipinski definition) is 4. The summed E-state index contributed by atoms with van der Waals surface area (Å²) in [6.07, 6.45) is 3.72. The van der Waals surface area contributed by atoms with Crippen LogP contribution in [0.3, 0.4) is 0 Å². The van der Waals surface area contributed by atoms with E-state index in [4.69, 9.17) is 9.47 Å². The summed E-state index contributed by atoms with van der Waals surface area (Å²) in [5.41, 5.74) is 38.1. The molecule has 2 heterocycles. The van der Waals surface area contributed by atoms with Crippen molar-refractivity contribution in [2.24, 2.45) is 7.05 Å². The van der Waals surface area contributed by atoms with E-state index in [0.29, 0.717) is 26.4 Å². The summed E-state index contributed by atoms with van der Waals surface area (Å²) in [4.78, 5) is 4.79. The third-order valence-electron chi connectivity index (χ3n) is 25.7. The highest BCUT2D eigenvalue weighted by atomic mass is 16.5. The fourth-order valence-electron chi connectivity index (χ4n) is 18.9. The van der Waals surface area contributed by atoms with Gasteiger partial charge >= 0.3 is 0 Å². The number of hydrogen-bond donors (Lipinski definition) is 0. The zero-order valence-electron chi connectivity index (χ0n) is 71.7. The smallest absolute Gasteiger partial charge is 0.0721 e. The van der Waals surface area contributed by atoms with Crippen molar-refractivity contribution in [3.05, 3.63) is 475 Å². The van der Waals surface area contributed by atoms with Crippen LogP contribution < -0.4 is 9.80 Å². The van der Waals surface area contributed by atoms with Crippen molar-refractivity contribution in [1.82, 2.24) is 9.13 Å². The maximum atomic E-state index is 6.09. The summed E-state index contributed by atoms with van der Waals surface area (Å²) in [6.45, 7) is 19.2. The predicted molar refractivity (Wildman–Crippen MR) is 532 cm³/mol. The van der Waals surface area contributed by atoms with Crippen LogP contribution in [0.25, 0.3) is 139 Å². The van der Waals surface area contributed by atoms with E-state index in [9.17, 15) is 0 Å². The standard InChI is InChI=1S/C62H48N2O.C58H48N2O/c1-4-44-18-20-45(21-19-44)40-65-41-46-22-29-53(30-23-46)64-61-17-11-10-16-58(61)60-38-50(28-37-62(60)64)49-26-33-52(34-27-49)63(51-31-24-48(25-32-51)47-12-6-5-7-13-47)54-35-36-57-56-15-9-8-14-55(56)42(2)43(3)59(57)39-54;1-5-40-19-21-41(22-20-40)38-61-39-42-23-25-43(26-24-42)44-27-31-47(32-28-44)60(49-35-36-51-50-15-9-11-17-53(50)58(2,3)54(51)37-49)48-33-29-45(30-34-48)56-52-16-10-12-18-55(52)59(4)57(56)46-13-7-6-8-14-46/h4-39H,1,40-41H2,2-3H3;5-37H,1,38-39H2,2-4H3. The van der Waals surface area contributed by atoms with E-state index in [2.05, 4.69) is 473 Å². The molecule has 126 heavy (non-hydrogen) atoms. The van der Waals surface area contributed by atoms with Crippen LogP contribution in [0.1, 0.15) is 69.5 Å². The maximum absolute atomic E-state index is 6.09. The minimum absolute atomic E-state index is 0.113. The molecule has 0 radical (unpaired) electrons. The molecule has 0 aliphatic heterocycles. The Morgan fingerprint density at radius 1 is 0.286 bits per heavy atom. The number of nitrogens with zero attached hydrogens (tertiary/aromatic N) is 4.